The molecule has 0 saturated carbocycles. The second kappa shape index (κ2) is 7.54. The van der Waals surface area contributed by atoms with Crippen molar-refractivity contribution in [3.05, 3.63) is 83.4 Å². The summed E-state index contributed by atoms with van der Waals surface area (Å²) in [6.45, 7) is 7.02. The minimum atomic E-state index is -0.381. The molecule has 2 rings (SSSR count). The van der Waals surface area contributed by atoms with E-state index in [4.69, 9.17) is 4.74 Å². The summed E-state index contributed by atoms with van der Waals surface area (Å²) in [4.78, 5) is 23.8. The van der Waals surface area contributed by atoms with Gasteiger partial charge in [-0.25, -0.2) is 4.79 Å². The SMILES string of the molecule is C=C(C)C(=O)OC(C)Cc1ccc(C(=O)c2ccccc2)cc1. The van der Waals surface area contributed by atoms with Crippen LogP contribution in [0.3, 0.4) is 0 Å². The Hall–Kier alpha value is -2.68. The number of hydrogen-bond donors (Lipinski definition) is 0. The lowest BCUT2D eigenvalue weighted by molar-refractivity contribution is -0.143. The van der Waals surface area contributed by atoms with Gasteiger partial charge in [-0.1, -0.05) is 61.2 Å². The Balaban J connectivity index is 2.01. The predicted molar refractivity (Wildman–Crippen MR) is 90.4 cm³/mol. The Kier molecular flexibility index (Phi) is 5.47. The van der Waals surface area contributed by atoms with Crippen LogP contribution >= 0.6 is 0 Å². The summed E-state index contributed by atoms with van der Waals surface area (Å²) < 4.78 is 5.26. The van der Waals surface area contributed by atoms with Crippen molar-refractivity contribution in [2.75, 3.05) is 0 Å². The summed E-state index contributed by atoms with van der Waals surface area (Å²) in [6, 6.07) is 16.6. The first-order valence-electron chi connectivity index (χ1n) is 7.52. The first kappa shape index (κ1) is 16.7. The van der Waals surface area contributed by atoms with E-state index in [0.717, 1.165) is 5.56 Å². The molecule has 0 saturated heterocycles. The average molecular weight is 308 g/mol. The molecule has 2 aromatic rings. The van der Waals surface area contributed by atoms with Crippen LogP contribution < -0.4 is 0 Å². The highest BCUT2D eigenvalue weighted by Gasteiger charge is 2.12. The lowest BCUT2D eigenvalue weighted by atomic mass is 10.0. The minimum absolute atomic E-state index is 0.00101. The van der Waals surface area contributed by atoms with Crippen LogP contribution in [0.2, 0.25) is 0 Å². The Labute approximate surface area is 136 Å². The van der Waals surface area contributed by atoms with Gasteiger partial charge in [0.15, 0.2) is 5.78 Å². The molecule has 3 heteroatoms. The fraction of sp³-hybridized carbons (Fsp3) is 0.200. The predicted octanol–water partition coefficient (Wildman–Crippen LogP) is 3.97. The summed E-state index contributed by atoms with van der Waals surface area (Å²) >= 11 is 0. The molecule has 0 fully saturated rings. The first-order chi connectivity index (χ1) is 11.0. The van der Waals surface area contributed by atoms with Crippen LogP contribution in [0.15, 0.2) is 66.7 Å². The number of benzene rings is 2. The Morgan fingerprint density at radius 2 is 1.57 bits per heavy atom. The Bertz CT molecular complexity index is 699. The molecule has 0 aliphatic heterocycles. The van der Waals surface area contributed by atoms with Crippen molar-refractivity contribution in [1.82, 2.24) is 0 Å². The fourth-order valence-electron chi connectivity index (χ4n) is 2.21. The van der Waals surface area contributed by atoms with Crippen molar-refractivity contribution in [1.29, 1.82) is 0 Å². The smallest absolute Gasteiger partial charge is 0.333 e. The molecule has 0 bridgehead atoms. The summed E-state index contributed by atoms with van der Waals surface area (Å²) in [6.07, 6.45) is 0.355. The van der Waals surface area contributed by atoms with E-state index in [0.29, 0.717) is 23.1 Å². The van der Waals surface area contributed by atoms with Gasteiger partial charge >= 0.3 is 5.97 Å². The largest absolute Gasteiger partial charge is 0.459 e. The van der Waals surface area contributed by atoms with Crippen molar-refractivity contribution in [3.8, 4) is 0 Å². The summed E-state index contributed by atoms with van der Waals surface area (Å²) in [5.74, 6) is -0.382. The molecule has 0 heterocycles. The number of carbonyl (C=O) groups is 2. The van der Waals surface area contributed by atoms with Crippen molar-refractivity contribution < 1.29 is 14.3 Å². The van der Waals surface area contributed by atoms with Gasteiger partial charge in [-0.3, -0.25) is 4.79 Å². The van der Waals surface area contributed by atoms with E-state index in [1.165, 1.54) is 0 Å². The molecule has 118 valence electrons. The molecule has 0 aliphatic carbocycles. The lowest BCUT2D eigenvalue weighted by Gasteiger charge is -2.13. The molecule has 1 atom stereocenters. The van der Waals surface area contributed by atoms with Crippen LogP contribution in [0, 0.1) is 0 Å². The number of carbonyl (C=O) groups excluding carboxylic acids is 2. The van der Waals surface area contributed by atoms with Crippen molar-refractivity contribution >= 4 is 11.8 Å². The van der Waals surface area contributed by atoms with Gasteiger partial charge in [-0.2, -0.15) is 0 Å². The van der Waals surface area contributed by atoms with Crippen LogP contribution in [-0.2, 0) is 16.0 Å². The van der Waals surface area contributed by atoms with Crippen molar-refractivity contribution in [2.45, 2.75) is 26.4 Å². The van der Waals surface area contributed by atoms with Gasteiger partial charge in [0.2, 0.25) is 0 Å². The molecule has 23 heavy (non-hydrogen) atoms. The van der Waals surface area contributed by atoms with Crippen LogP contribution in [0.1, 0.15) is 35.3 Å². The summed E-state index contributed by atoms with van der Waals surface area (Å²) in [7, 11) is 0. The highest BCUT2D eigenvalue weighted by atomic mass is 16.5. The van der Waals surface area contributed by atoms with Gasteiger partial charge < -0.3 is 4.74 Å². The zero-order valence-corrected chi connectivity index (χ0v) is 13.4. The highest BCUT2D eigenvalue weighted by molar-refractivity contribution is 6.08. The number of rotatable bonds is 6. The van der Waals surface area contributed by atoms with Gasteiger partial charge in [-0.05, 0) is 19.4 Å². The Morgan fingerprint density at radius 1 is 1.00 bits per heavy atom. The van der Waals surface area contributed by atoms with Gasteiger partial charge in [0, 0.05) is 23.1 Å². The molecule has 2 aromatic carbocycles. The number of hydrogen-bond acceptors (Lipinski definition) is 3. The van der Waals surface area contributed by atoms with E-state index in [2.05, 4.69) is 6.58 Å². The molecule has 0 aromatic heterocycles. The van der Waals surface area contributed by atoms with Gasteiger partial charge in [0.1, 0.15) is 6.10 Å². The standard InChI is InChI=1S/C20H20O3/c1-14(2)20(22)23-15(3)13-16-9-11-18(12-10-16)19(21)17-7-5-4-6-8-17/h4-12,15H,1,13H2,2-3H3. The van der Waals surface area contributed by atoms with E-state index in [1.54, 1.807) is 31.2 Å². The topological polar surface area (TPSA) is 43.4 Å². The highest BCUT2D eigenvalue weighted by Crippen LogP contribution is 2.13. The molecule has 1 unspecified atom stereocenters. The van der Waals surface area contributed by atoms with Crippen LogP contribution in [0.5, 0.6) is 0 Å². The van der Waals surface area contributed by atoms with E-state index < -0.39 is 0 Å². The molecule has 3 nitrogen and oxygen atoms in total. The van der Waals surface area contributed by atoms with Gasteiger partial charge in [0.25, 0.3) is 0 Å². The normalized spacial score (nSPS) is 11.6. The van der Waals surface area contributed by atoms with E-state index >= 15 is 0 Å². The maximum Gasteiger partial charge on any atom is 0.333 e. The van der Waals surface area contributed by atoms with E-state index in [1.807, 2.05) is 37.3 Å². The second-order valence-electron chi connectivity index (χ2n) is 5.59. The molecular weight excluding hydrogens is 288 g/mol. The Morgan fingerprint density at radius 3 is 2.13 bits per heavy atom. The van der Waals surface area contributed by atoms with Crippen LogP contribution in [0.25, 0.3) is 0 Å². The third-order valence-corrected chi connectivity index (χ3v) is 3.43. The van der Waals surface area contributed by atoms with Gasteiger partial charge in [-0.15, -0.1) is 0 Å². The maximum atomic E-state index is 12.3. The third kappa shape index (κ3) is 4.65. The quantitative estimate of drug-likeness (QED) is 0.461. The zero-order valence-electron chi connectivity index (χ0n) is 13.4. The minimum Gasteiger partial charge on any atom is -0.459 e. The van der Waals surface area contributed by atoms with Crippen molar-refractivity contribution in [2.24, 2.45) is 0 Å². The number of ketones is 1. The lowest BCUT2D eigenvalue weighted by Crippen LogP contribution is -2.17. The molecule has 0 spiro atoms. The summed E-state index contributed by atoms with van der Waals surface area (Å²) in [5, 5.41) is 0. The fourth-order valence-corrected chi connectivity index (χ4v) is 2.21. The van der Waals surface area contributed by atoms with E-state index in [9.17, 15) is 9.59 Å². The van der Waals surface area contributed by atoms with Crippen LogP contribution in [0.4, 0.5) is 0 Å². The van der Waals surface area contributed by atoms with E-state index in [-0.39, 0.29) is 17.9 Å². The maximum absolute atomic E-state index is 12.3. The third-order valence-electron chi connectivity index (χ3n) is 3.43. The monoisotopic (exact) mass is 308 g/mol. The average Bonchev–Trinajstić information content (AvgIpc) is 2.55. The van der Waals surface area contributed by atoms with Crippen molar-refractivity contribution in [3.63, 3.8) is 0 Å². The molecular formula is C20H20O3. The molecule has 0 aliphatic rings. The van der Waals surface area contributed by atoms with Crippen LogP contribution in [-0.4, -0.2) is 17.9 Å². The first-order valence-corrected chi connectivity index (χ1v) is 7.52. The molecule has 0 radical (unpaired) electrons. The molecule has 0 amide bonds. The zero-order chi connectivity index (χ0) is 16.8. The number of ether oxygens (including phenoxy) is 1. The summed E-state index contributed by atoms with van der Waals surface area (Å²) in [5.41, 5.74) is 2.72. The molecule has 0 N–H and O–H groups in total. The number of esters is 1. The second-order valence-corrected chi connectivity index (χ2v) is 5.59. The van der Waals surface area contributed by atoms with Gasteiger partial charge in [0.05, 0.1) is 0 Å².